The van der Waals surface area contributed by atoms with Crippen LogP contribution in [0.5, 0.6) is 5.75 Å². The monoisotopic (exact) mass is 824 g/mol. The fourth-order valence-corrected chi connectivity index (χ4v) is 6.32. The lowest BCUT2D eigenvalue weighted by Gasteiger charge is -2.39. The third-order valence-electron chi connectivity index (χ3n) is 8.69. The van der Waals surface area contributed by atoms with Crippen molar-refractivity contribution in [3.05, 3.63) is 94.3 Å². The van der Waals surface area contributed by atoms with E-state index in [2.05, 4.69) is 10.6 Å². The van der Waals surface area contributed by atoms with Crippen molar-refractivity contribution >= 4 is 41.5 Å². The van der Waals surface area contributed by atoms with Crippen LogP contribution < -0.4 is 20.7 Å². The van der Waals surface area contributed by atoms with Crippen molar-refractivity contribution in [3.63, 3.8) is 0 Å². The molecule has 0 aromatic heterocycles. The van der Waals surface area contributed by atoms with Gasteiger partial charge in [-0.2, -0.15) is 13.2 Å². The zero-order valence-electron chi connectivity index (χ0n) is 31.9. The molecule has 0 unspecified atom stereocenters. The highest BCUT2D eigenvalue weighted by atomic mass is 35.5. The maximum Gasteiger partial charge on any atom is 0.410 e. The molecule has 0 spiro atoms. The van der Waals surface area contributed by atoms with Gasteiger partial charge in [0.05, 0.1) is 44.5 Å². The number of amides is 4. The highest BCUT2D eigenvalue weighted by Gasteiger charge is 2.37. The van der Waals surface area contributed by atoms with Crippen molar-refractivity contribution in [2.45, 2.75) is 69.5 Å². The summed E-state index contributed by atoms with van der Waals surface area (Å²) in [6.07, 6.45) is -8.24. The molecule has 310 valence electrons. The molecule has 1 fully saturated rings. The molecule has 4 amide bonds. The van der Waals surface area contributed by atoms with E-state index < -0.39 is 79.0 Å². The number of anilines is 1. The summed E-state index contributed by atoms with van der Waals surface area (Å²) in [6, 6.07) is 15.8. The second-order valence-electron chi connectivity index (χ2n) is 14.0. The van der Waals surface area contributed by atoms with E-state index >= 15 is 4.39 Å². The van der Waals surface area contributed by atoms with Crippen molar-refractivity contribution in [2.75, 3.05) is 45.8 Å². The molecule has 4 rings (SSSR count). The molecule has 0 aliphatic carbocycles. The predicted molar refractivity (Wildman–Crippen MR) is 201 cm³/mol. The van der Waals surface area contributed by atoms with Crippen molar-refractivity contribution in [3.8, 4) is 5.75 Å². The summed E-state index contributed by atoms with van der Waals surface area (Å²) in [5.41, 5.74) is 0.486. The topological polar surface area (TPSA) is 154 Å². The number of morpholine rings is 1. The van der Waals surface area contributed by atoms with Crippen molar-refractivity contribution in [1.29, 1.82) is 0 Å². The standard InChI is InChI=1S/C39H45ClF4N4O9/c1-38(2,3)57-37(52)48-19-26(55-20-25(48)21-56-35(50)45-22-39(42,43)44)15-16-27-29(41)12-9-13-30(27)46-34(49)33(47-36(51)54-5)32(23-10-7-6-8-11-23)24-14-17-31(53-4)28(40)18-24/h6-14,17-18,25-26,32-33H,15-16,19-22H2,1-5H3,(H,45,50)(H,46,49)(H,47,51)/t25-,26+,32+,33-/m0/s1. The molecule has 0 saturated carbocycles. The fraction of sp³-hybridized carbons (Fsp3) is 0.436. The molecular weight excluding hydrogens is 780 g/mol. The number of halogens is 5. The molecule has 3 aromatic rings. The molecule has 57 heavy (non-hydrogen) atoms. The zero-order chi connectivity index (χ0) is 41.9. The van der Waals surface area contributed by atoms with Gasteiger partial charge in [-0.1, -0.05) is 54.1 Å². The minimum Gasteiger partial charge on any atom is -0.495 e. The van der Waals surface area contributed by atoms with Crippen LogP contribution in [-0.2, 0) is 30.2 Å². The summed E-state index contributed by atoms with van der Waals surface area (Å²) in [6.45, 7) is 2.56. The van der Waals surface area contributed by atoms with Gasteiger partial charge in [0.25, 0.3) is 0 Å². The number of hydrogen-bond donors (Lipinski definition) is 3. The van der Waals surface area contributed by atoms with Gasteiger partial charge in [-0.05, 0) is 69.0 Å². The van der Waals surface area contributed by atoms with Crippen molar-refractivity contribution in [1.82, 2.24) is 15.5 Å². The molecule has 3 N–H and O–H groups in total. The Morgan fingerprint density at radius 1 is 0.965 bits per heavy atom. The Balaban J connectivity index is 1.56. The van der Waals surface area contributed by atoms with Gasteiger partial charge < -0.3 is 39.6 Å². The fourth-order valence-electron chi connectivity index (χ4n) is 6.06. The predicted octanol–water partition coefficient (Wildman–Crippen LogP) is 7.21. The van der Waals surface area contributed by atoms with Crippen LogP contribution >= 0.6 is 11.6 Å². The van der Waals surface area contributed by atoms with E-state index in [9.17, 15) is 32.3 Å². The summed E-state index contributed by atoms with van der Waals surface area (Å²) in [5.74, 6) is -1.78. The van der Waals surface area contributed by atoms with Gasteiger partial charge in [-0.3, -0.25) is 9.69 Å². The van der Waals surface area contributed by atoms with E-state index in [-0.39, 0.29) is 42.3 Å². The first kappa shape index (κ1) is 44.4. The molecule has 3 aromatic carbocycles. The van der Waals surface area contributed by atoms with Gasteiger partial charge in [-0.15, -0.1) is 0 Å². The molecular formula is C39H45ClF4N4O9. The van der Waals surface area contributed by atoms with Crippen LogP contribution in [0.25, 0.3) is 0 Å². The number of methoxy groups -OCH3 is 2. The number of alkyl carbamates (subject to hydrolysis) is 2. The van der Waals surface area contributed by atoms with E-state index in [4.69, 9.17) is 35.3 Å². The van der Waals surface area contributed by atoms with Gasteiger partial charge in [0.1, 0.15) is 36.4 Å². The highest BCUT2D eigenvalue weighted by Crippen LogP contribution is 2.35. The van der Waals surface area contributed by atoms with Gasteiger partial charge in [0.15, 0.2) is 0 Å². The molecule has 13 nitrogen and oxygen atoms in total. The number of nitrogens with one attached hydrogen (secondary N) is 3. The second-order valence-corrected chi connectivity index (χ2v) is 14.4. The number of nitrogens with zero attached hydrogens (tertiary/aromatic N) is 1. The molecule has 1 aliphatic heterocycles. The van der Waals surface area contributed by atoms with Crippen LogP contribution in [0.1, 0.15) is 49.8 Å². The van der Waals surface area contributed by atoms with E-state index in [1.807, 2.05) is 0 Å². The van der Waals surface area contributed by atoms with Gasteiger partial charge in [0, 0.05) is 17.2 Å². The number of ether oxygens (including phenoxy) is 5. The first-order valence-corrected chi connectivity index (χ1v) is 18.2. The Morgan fingerprint density at radius 2 is 1.68 bits per heavy atom. The molecule has 0 radical (unpaired) electrons. The number of rotatable bonds is 13. The van der Waals surface area contributed by atoms with E-state index in [1.54, 1.807) is 74.6 Å². The van der Waals surface area contributed by atoms with E-state index in [0.29, 0.717) is 16.9 Å². The first-order valence-electron chi connectivity index (χ1n) is 17.8. The largest absolute Gasteiger partial charge is 0.495 e. The van der Waals surface area contributed by atoms with Crippen LogP contribution in [0.2, 0.25) is 5.02 Å². The smallest absolute Gasteiger partial charge is 0.410 e. The highest BCUT2D eigenvalue weighted by molar-refractivity contribution is 6.32. The molecule has 4 atom stereocenters. The third-order valence-corrected chi connectivity index (χ3v) is 8.99. The summed E-state index contributed by atoms with van der Waals surface area (Å²) >= 11 is 6.49. The zero-order valence-corrected chi connectivity index (χ0v) is 32.7. The minimum atomic E-state index is -4.65. The van der Waals surface area contributed by atoms with Crippen LogP contribution in [-0.4, -0.2) is 99.6 Å². The van der Waals surface area contributed by atoms with Crippen LogP contribution in [0, 0.1) is 5.82 Å². The quantitative estimate of drug-likeness (QED) is 0.120. The molecule has 18 heteroatoms. The number of carbonyl (C=O) groups excluding carboxylic acids is 4. The second kappa shape index (κ2) is 19.7. The lowest BCUT2D eigenvalue weighted by Crippen LogP contribution is -2.55. The molecule has 1 saturated heterocycles. The Labute approximate surface area is 332 Å². The van der Waals surface area contributed by atoms with Gasteiger partial charge in [-0.25, -0.2) is 18.8 Å². The minimum absolute atomic E-state index is 0.00141. The van der Waals surface area contributed by atoms with Crippen LogP contribution in [0.4, 0.5) is 37.6 Å². The summed E-state index contributed by atoms with van der Waals surface area (Å²) in [4.78, 5) is 53.3. The van der Waals surface area contributed by atoms with Crippen LogP contribution in [0.15, 0.2) is 66.7 Å². The number of hydrogen-bond acceptors (Lipinski definition) is 9. The summed E-state index contributed by atoms with van der Waals surface area (Å²) in [7, 11) is 2.61. The summed E-state index contributed by atoms with van der Waals surface area (Å²) in [5, 5.41) is 7.26. The Hall–Kier alpha value is -5.29. The normalized spacial score (nSPS) is 16.8. The number of alkyl halides is 3. The average molecular weight is 825 g/mol. The van der Waals surface area contributed by atoms with E-state index in [0.717, 1.165) is 7.11 Å². The molecule has 1 aliphatic rings. The molecule has 0 bridgehead atoms. The van der Waals surface area contributed by atoms with Gasteiger partial charge >= 0.3 is 24.5 Å². The molecule has 1 heterocycles. The Morgan fingerprint density at radius 3 is 2.32 bits per heavy atom. The van der Waals surface area contributed by atoms with Crippen molar-refractivity contribution < 1.29 is 60.4 Å². The van der Waals surface area contributed by atoms with Crippen molar-refractivity contribution in [2.24, 2.45) is 0 Å². The lowest BCUT2D eigenvalue weighted by molar-refractivity contribution is -0.124. The number of carbonyl (C=O) groups is 4. The lowest BCUT2D eigenvalue weighted by atomic mass is 9.84. The summed E-state index contributed by atoms with van der Waals surface area (Å²) < 4.78 is 79.8. The Bertz CT molecular complexity index is 1860. The maximum atomic E-state index is 15.6. The first-order chi connectivity index (χ1) is 26.9. The average Bonchev–Trinajstić information content (AvgIpc) is 3.15. The Kier molecular flexibility index (Phi) is 15.4. The van der Waals surface area contributed by atoms with E-state index in [1.165, 1.54) is 30.2 Å². The maximum absolute atomic E-state index is 15.6. The van der Waals surface area contributed by atoms with Crippen LogP contribution in [0.3, 0.4) is 0 Å². The SMILES string of the molecule is COC(=O)N[C@H](C(=O)Nc1cccc(F)c1CC[C@@H]1CN(C(=O)OC(C)(C)C)[C@H](COC(=O)NCC(F)(F)F)CO1)[C@H](c1ccccc1)c1ccc(OC)c(Cl)c1. The number of benzene rings is 3. The van der Waals surface area contributed by atoms with Gasteiger partial charge in [0.2, 0.25) is 5.91 Å². The third kappa shape index (κ3) is 13.1.